The molecule has 4 amide bonds. The number of esters is 2. The van der Waals surface area contributed by atoms with Crippen LogP contribution in [0.25, 0.3) is 0 Å². The zero-order chi connectivity index (χ0) is 32.7. The molecule has 238 valence electrons. The lowest BCUT2D eigenvalue weighted by Gasteiger charge is -2.21. The Balaban J connectivity index is 1.42. The smallest absolute Gasteiger partial charge is 0.329 e. The Bertz CT molecular complexity index is 1580. The van der Waals surface area contributed by atoms with Crippen molar-refractivity contribution in [3.63, 3.8) is 0 Å². The quantitative estimate of drug-likeness (QED) is 0.138. The lowest BCUT2D eigenvalue weighted by molar-refractivity contribution is -0.149. The van der Waals surface area contributed by atoms with Gasteiger partial charge in [0.15, 0.2) is 0 Å². The van der Waals surface area contributed by atoms with E-state index in [0.29, 0.717) is 0 Å². The molecule has 0 unspecified atom stereocenters. The van der Waals surface area contributed by atoms with Crippen molar-refractivity contribution in [1.29, 1.82) is 0 Å². The van der Waals surface area contributed by atoms with E-state index in [1.807, 2.05) is 91.0 Å². The number of anilines is 2. The number of nitrogens with one attached hydrogen (secondary N) is 4. The van der Waals surface area contributed by atoms with Crippen molar-refractivity contribution >= 4 is 35.4 Å². The highest BCUT2D eigenvalue weighted by atomic mass is 16.5. The number of hydrogen-bond donors (Lipinski definition) is 4. The Morgan fingerprint density at radius 1 is 0.543 bits per heavy atom. The first-order valence-corrected chi connectivity index (χ1v) is 15.0. The van der Waals surface area contributed by atoms with Crippen LogP contribution in [0.2, 0.25) is 0 Å². The average molecular weight is 623 g/mol. The second-order valence-electron chi connectivity index (χ2n) is 10.8. The van der Waals surface area contributed by atoms with Gasteiger partial charge in [-0.25, -0.2) is 19.2 Å². The van der Waals surface area contributed by atoms with Gasteiger partial charge in [-0.1, -0.05) is 103 Å². The first-order chi connectivity index (χ1) is 22.3. The minimum Gasteiger partial charge on any atom is -0.461 e. The van der Waals surface area contributed by atoms with Gasteiger partial charge in [0.1, 0.15) is 18.7 Å². The van der Waals surface area contributed by atoms with Gasteiger partial charge in [-0.3, -0.25) is 0 Å². The third-order valence-electron chi connectivity index (χ3n) is 6.74. The summed E-state index contributed by atoms with van der Waals surface area (Å²) in [6.45, 7) is 3.53. The van der Waals surface area contributed by atoms with Crippen LogP contribution >= 0.6 is 0 Å². The summed E-state index contributed by atoms with van der Waals surface area (Å²) < 4.78 is 10.9. The van der Waals surface area contributed by atoms with Gasteiger partial charge < -0.3 is 30.7 Å². The molecule has 46 heavy (non-hydrogen) atoms. The lowest BCUT2D eigenvalue weighted by Crippen LogP contribution is -2.46. The first-order valence-electron chi connectivity index (χ1n) is 15.0. The molecule has 10 heteroatoms. The number of hydrogen-bond acceptors (Lipinski definition) is 6. The molecule has 4 aromatic carbocycles. The number of rotatable bonds is 13. The van der Waals surface area contributed by atoms with Crippen molar-refractivity contribution in [3.8, 4) is 0 Å². The van der Waals surface area contributed by atoms with Crippen LogP contribution < -0.4 is 21.3 Å². The van der Waals surface area contributed by atoms with E-state index < -0.39 is 36.1 Å². The second kappa shape index (κ2) is 17.0. The summed E-state index contributed by atoms with van der Waals surface area (Å²) in [6.07, 6.45) is 0.0745. The molecular weight excluding hydrogens is 584 g/mol. The Hall–Kier alpha value is -5.64. The van der Waals surface area contributed by atoms with Crippen LogP contribution in [0.5, 0.6) is 0 Å². The normalized spacial score (nSPS) is 11.9. The van der Waals surface area contributed by atoms with Gasteiger partial charge in [0, 0.05) is 12.8 Å². The number of carbonyl (C=O) groups is 4. The zero-order valence-electron chi connectivity index (χ0n) is 25.8. The summed E-state index contributed by atoms with van der Waals surface area (Å²) in [5, 5.41) is 10.8. The fourth-order valence-electron chi connectivity index (χ4n) is 4.56. The molecule has 0 aliphatic carbocycles. The van der Waals surface area contributed by atoms with Crippen molar-refractivity contribution in [3.05, 3.63) is 132 Å². The Morgan fingerprint density at radius 3 is 1.37 bits per heavy atom. The van der Waals surface area contributed by atoms with Crippen LogP contribution in [0.4, 0.5) is 21.0 Å². The van der Waals surface area contributed by atoms with Gasteiger partial charge in [-0.05, 0) is 42.7 Å². The van der Waals surface area contributed by atoms with E-state index in [2.05, 4.69) is 21.3 Å². The lowest BCUT2D eigenvalue weighted by atomic mass is 10.1. The van der Waals surface area contributed by atoms with Crippen LogP contribution in [0, 0.1) is 0 Å². The van der Waals surface area contributed by atoms with E-state index >= 15 is 0 Å². The number of carbonyl (C=O) groups excluding carboxylic acids is 4. The van der Waals surface area contributed by atoms with Crippen molar-refractivity contribution < 1.29 is 28.7 Å². The summed E-state index contributed by atoms with van der Waals surface area (Å²) in [6, 6.07) is 31.1. The van der Waals surface area contributed by atoms with Gasteiger partial charge in [0.2, 0.25) is 0 Å². The van der Waals surface area contributed by atoms with Gasteiger partial charge in [-0.2, -0.15) is 0 Å². The largest absolute Gasteiger partial charge is 0.461 e. The van der Waals surface area contributed by atoms with Crippen molar-refractivity contribution in [1.82, 2.24) is 10.6 Å². The van der Waals surface area contributed by atoms with E-state index in [1.165, 1.54) is 0 Å². The predicted molar refractivity (Wildman–Crippen MR) is 176 cm³/mol. The molecule has 0 fully saturated rings. The van der Waals surface area contributed by atoms with Crippen LogP contribution in [0.15, 0.2) is 115 Å². The molecule has 0 heterocycles. The maximum Gasteiger partial charge on any atom is 0.329 e. The number of amides is 4. The summed E-state index contributed by atoms with van der Waals surface area (Å²) in [7, 11) is 0. The molecule has 4 aromatic rings. The average Bonchev–Trinajstić information content (AvgIpc) is 3.05. The molecule has 10 nitrogen and oxygen atoms in total. The molecule has 0 saturated carbocycles. The second-order valence-corrected chi connectivity index (χ2v) is 10.8. The summed E-state index contributed by atoms with van der Waals surface area (Å²) >= 11 is 0. The maximum atomic E-state index is 13.2. The molecule has 4 N–H and O–H groups in total. The van der Waals surface area contributed by atoms with E-state index in [0.717, 1.165) is 16.7 Å². The third kappa shape index (κ3) is 10.8. The van der Waals surface area contributed by atoms with Crippen LogP contribution in [0.3, 0.4) is 0 Å². The fraction of sp³-hybridized carbons (Fsp3) is 0.222. The van der Waals surface area contributed by atoms with Crippen molar-refractivity contribution in [2.75, 3.05) is 10.6 Å². The number of para-hydroxylation sites is 2. The van der Waals surface area contributed by atoms with Crippen molar-refractivity contribution in [2.45, 2.75) is 51.5 Å². The third-order valence-corrected chi connectivity index (χ3v) is 6.74. The molecule has 0 radical (unpaired) electrons. The van der Waals surface area contributed by atoms with Gasteiger partial charge in [-0.15, -0.1) is 0 Å². The molecule has 0 saturated heterocycles. The Labute approximate surface area is 268 Å². The van der Waals surface area contributed by atoms with Crippen LogP contribution in [-0.4, -0.2) is 42.2 Å². The Morgan fingerprint density at radius 2 is 0.935 bits per heavy atom. The minimum absolute atomic E-state index is 0.0616. The van der Waals surface area contributed by atoms with Crippen molar-refractivity contribution in [2.24, 2.45) is 0 Å². The summed E-state index contributed by atoms with van der Waals surface area (Å²) in [5.74, 6) is -1.16. The predicted octanol–water partition coefficient (Wildman–Crippen LogP) is 5.85. The number of urea groups is 2. The van der Waals surface area contributed by atoms with Gasteiger partial charge in [0.05, 0.1) is 17.5 Å². The minimum atomic E-state index is -0.986. The molecule has 0 bridgehead atoms. The van der Waals surface area contributed by atoms with Gasteiger partial charge in [0.25, 0.3) is 0 Å². The molecular formula is C36H38N4O6. The maximum absolute atomic E-state index is 13.2. The highest BCUT2D eigenvalue weighted by Gasteiger charge is 2.25. The van der Waals surface area contributed by atoms with E-state index in [-0.39, 0.29) is 36.9 Å². The van der Waals surface area contributed by atoms with Crippen LogP contribution in [-0.2, 0) is 38.5 Å². The van der Waals surface area contributed by atoms with E-state index in [9.17, 15) is 19.2 Å². The molecule has 2 atom stereocenters. The van der Waals surface area contributed by atoms with E-state index in [1.54, 1.807) is 38.1 Å². The highest BCUT2D eigenvalue weighted by Crippen LogP contribution is 2.21. The fourth-order valence-corrected chi connectivity index (χ4v) is 4.56. The molecule has 0 spiro atoms. The van der Waals surface area contributed by atoms with Gasteiger partial charge >= 0.3 is 24.0 Å². The topological polar surface area (TPSA) is 135 Å². The standard InChI is InChI=1S/C36H38N4O6/c1-25(2)46-34(42)32(23-27-16-8-4-9-17-27)40-36(44)38-30-21-13-12-20-29(30)37-35(43)39-31(22-26-14-6-3-7-15-26)33(41)45-24-28-18-10-5-11-19-28/h3-21,25,31-32H,22-24H2,1-2H3,(H2,37,39,43)(H2,38,40,44)/t31-,32-/m0/s1. The SMILES string of the molecule is CC(C)OC(=O)[C@H](Cc1ccccc1)NC(=O)Nc1ccccc1NC(=O)N[C@@H](Cc1ccccc1)C(=O)OCc1ccccc1. The summed E-state index contributed by atoms with van der Waals surface area (Å²) in [5.41, 5.74) is 3.05. The zero-order valence-corrected chi connectivity index (χ0v) is 25.8. The van der Waals surface area contributed by atoms with E-state index in [4.69, 9.17) is 9.47 Å². The molecule has 0 aliphatic rings. The van der Waals surface area contributed by atoms with Crippen LogP contribution in [0.1, 0.15) is 30.5 Å². The number of benzene rings is 4. The molecule has 4 rings (SSSR count). The Kier molecular flexibility index (Phi) is 12.3. The molecule has 0 aromatic heterocycles. The first kappa shape index (κ1) is 33.3. The summed E-state index contributed by atoms with van der Waals surface area (Å²) in [4.78, 5) is 52.2. The highest BCUT2D eigenvalue weighted by molar-refractivity contribution is 6.00. The molecule has 0 aliphatic heterocycles. The number of ether oxygens (including phenoxy) is 2. The monoisotopic (exact) mass is 622 g/mol.